The maximum Gasteiger partial charge on any atom is 0.145 e. The molecule has 1 aromatic rings. The second-order valence-corrected chi connectivity index (χ2v) is 5.31. The number of aromatic nitrogens is 1. The first-order valence-corrected chi connectivity index (χ1v) is 6.64. The molecule has 3 nitrogen and oxygen atoms in total. The van der Waals surface area contributed by atoms with Crippen molar-refractivity contribution < 1.29 is 5.11 Å². The van der Waals surface area contributed by atoms with Crippen LogP contribution in [0.4, 0.5) is 5.82 Å². The number of nitrogens with zero attached hydrogens (tertiary/aromatic N) is 1. The molecule has 2 rings (SSSR count). The van der Waals surface area contributed by atoms with E-state index in [4.69, 9.17) is 23.2 Å². The molecule has 17 heavy (non-hydrogen) atoms. The van der Waals surface area contributed by atoms with Gasteiger partial charge in [-0.2, -0.15) is 0 Å². The maximum atomic E-state index is 9.34. The largest absolute Gasteiger partial charge is 0.396 e. The minimum absolute atomic E-state index is 0.211. The zero-order valence-electron chi connectivity index (χ0n) is 9.50. The van der Waals surface area contributed by atoms with Gasteiger partial charge in [-0.1, -0.05) is 36.0 Å². The summed E-state index contributed by atoms with van der Waals surface area (Å²) >= 11 is 11.9. The molecular weight excluding hydrogens is 259 g/mol. The summed E-state index contributed by atoms with van der Waals surface area (Å²) in [6.45, 7) is 0.211. The minimum atomic E-state index is 0.211. The molecule has 1 saturated carbocycles. The molecule has 1 aliphatic rings. The Balaban J connectivity index is 2.08. The average molecular weight is 275 g/mol. The molecule has 0 spiro atoms. The highest BCUT2D eigenvalue weighted by Crippen LogP contribution is 2.29. The van der Waals surface area contributed by atoms with Gasteiger partial charge >= 0.3 is 0 Å². The van der Waals surface area contributed by atoms with Crippen LogP contribution in [-0.2, 0) is 0 Å². The summed E-state index contributed by atoms with van der Waals surface area (Å²) in [5.74, 6) is 0.943. The first-order valence-electron chi connectivity index (χ1n) is 5.89. The lowest BCUT2D eigenvalue weighted by Gasteiger charge is -2.31. The second-order valence-electron chi connectivity index (χ2n) is 4.46. The Bertz CT molecular complexity index is 387. The molecule has 2 unspecified atom stereocenters. The van der Waals surface area contributed by atoms with Crippen molar-refractivity contribution in [2.24, 2.45) is 5.92 Å². The summed E-state index contributed by atoms with van der Waals surface area (Å²) in [7, 11) is 0. The Morgan fingerprint density at radius 2 is 2.12 bits per heavy atom. The Labute approximate surface area is 111 Å². The van der Waals surface area contributed by atoms with E-state index in [1.807, 2.05) is 0 Å². The van der Waals surface area contributed by atoms with E-state index in [9.17, 15) is 5.11 Å². The van der Waals surface area contributed by atoms with E-state index in [1.54, 1.807) is 12.3 Å². The second kappa shape index (κ2) is 5.89. The van der Waals surface area contributed by atoms with E-state index in [-0.39, 0.29) is 18.6 Å². The van der Waals surface area contributed by atoms with Crippen molar-refractivity contribution in [1.82, 2.24) is 4.98 Å². The highest BCUT2D eigenvalue weighted by Gasteiger charge is 2.25. The third kappa shape index (κ3) is 3.24. The van der Waals surface area contributed by atoms with Gasteiger partial charge < -0.3 is 10.4 Å². The van der Waals surface area contributed by atoms with Crippen LogP contribution in [0.1, 0.15) is 25.7 Å². The van der Waals surface area contributed by atoms with Crippen LogP contribution in [0.15, 0.2) is 12.3 Å². The molecule has 0 saturated heterocycles. The Hall–Kier alpha value is -0.510. The third-order valence-electron chi connectivity index (χ3n) is 3.27. The van der Waals surface area contributed by atoms with Gasteiger partial charge in [-0.25, -0.2) is 4.98 Å². The molecule has 0 aromatic carbocycles. The Morgan fingerprint density at radius 1 is 1.35 bits per heavy atom. The van der Waals surface area contributed by atoms with Gasteiger partial charge in [-0.15, -0.1) is 0 Å². The molecule has 1 fully saturated rings. The smallest absolute Gasteiger partial charge is 0.145 e. The highest BCUT2D eigenvalue weighted by molar-refractivity contribution is 6.35. The van der Waals surface area contributed by atoms with Gasteiger partial charge in [0.2, 0.25) is 0 Å². The van der Waals surface area contributed by atoms with Crippen LogP contribution >= 0.6 is 23.2 Å². The van der Waals surface area contributed by atoms with Crippen LogP contribution in [0.3, 0.4) is 0 Å². The lowest BCUT2D eigenvalue weighted by atomic mass is 9.85. The summed E-state index contributed by atoms with van der Waals surface area (Å²) in [6.07, 6.45) is 6.04. The lowest BCUT2D eigenvalue weighted by molar-refractivity contribution is 0.178. The number of rotatable bonds is 3. The number of hydrogen-bond donors (Lipinski definition) is 2. The first-order chi connectivity index (χ1) is 8.20. The molecule has 0 radical (unpaired) electrons. The SMILES string of the molecule is OCC1CCCCC1Nc1ncc(Cl)cc1Cl. The number of aliphatic hydroxyl groups is 1. The summed E-state index contributed by atoms with van der Waals surface area (Å²) < 4.78 is 0. The lowest BCUT2D eigenvalue weighted by Crippen LogP contribution is -2.34. The predicted molar refractivity (Wildman–Crippen MR) is 70.7 cm³/mol. The van der Waals surface area contributed by atoms with Crippen LogP contribution in [0.2, 0.25) is 10.0 Å². The highest BCUT2D eigenvalue weighted by atomic mass is 35.5. The van der Waals surface area contributed by atoms with Crippen LogP contribution in [0.5, 0.6) is 0 Å². The Kier molecular flexibility index (Phi) is 4.48. The fourth-order valence-corrected chi connectivity index (χ4v) is 2.75. The van der Waals surface area contributed by atoms with Crippen molar-refractivity contribution in [2.45, 2.75) is 31.7 Å². The third-order valence-corrected chi connectivity index (χ3v) is 3.77. The van der Waals surface area contributed by atoms with Gasteiger partial charge in [-0.3, -0.25) is 0 Å². The topological polar surface area (TPSA) is 45.1 Å². The van der Waals surface area contributed by atoms with Gasteiger partial charge in [-0.05, 0) is 18.9 Å². The molecule has 2 N–H and O–H groups in total. The van der Waals surface area contributed by atoms with Crippen LogP contribution in [0.25, 0.3) is 0 Å². The number of nitrogens with one attached hydrogen (secondary N) is 1. The molecular formula is C12H16Cl2N2O. The first kappa shape index (κ1) is 12.9. The standard InChI is InChI=1S/C12H16Cl2N2O/c13-9-5-10(14)12(15-6-9)16-11-4-2-1-3-8(11)7-17/h5-6,8,11,17H,1-4,7H2,(H,15,16). The van der Waals surface area contributed by atoms with Gasteiger partial charge in [0.25, 0.3) is 0 Å². The summed E-state index contributed by atoms with van der Waals surface area (Å²) in [5, 5.41) is 13.7. The monoisotopic (exact) mass is 274 g/mol. The van der Waals surface area contributed by atoms with Crippen molar-refractivity contribution in [3.8, 4) is 0 Å². The number of pyridine rings is 1. The molecule has 1 aliphatic carbocycles. The molecule has 1 heterocycles. The van der Waals surface area contributed by atoms with E-state index < -0.39 is 0 Å². The fourth-order valence-electron chi connectivity index (χ4n) is 2.31. The van der Waals surface area contributed by atoms with Crippen molar-refractivity contribution >= 4 is 29.0 Å². The van der Waals surface area contributed by atoms with Gasteiger partial charge in [0, 0.05) is 24.8 Å². The van der Waals surface area contributed by atoms with Crippen LogP contribution in [0, 0.1) is 5.92 Å². The van der Waals surface area contributed by atoms with Gasteiger partial charge in [0.15, 0.2) is 0 Å². The number of halogens is 2. The van der Waals surface area contributed by atoms with E-state index in [0.717, 1.165) is 12.8 Å². The van der Waals surface area contributed by atoms with Crippen LogP contribution in [-0.4, -0.2) is 22.7 Å². The zero-order valence-corrected chi connectivity index (χ0v) is 11.0. The van der Waals surface area contributed by atoms with Crippen molar-refractivity contribution in [2.75, 3.05) is 11.9 Å². The Morgan fingerprint density at radius 3 is 2.82 bits per heavy atom. The maximum absolute atomic E-state index is 9.34. The molecule has 2 atom stereocenters. The molecule has 0 amide bonds. The number of aliphatic hydroxyl groups excluding tert-OH is 1. The number of hydrogen-bond acceptors (Lipinski definition) is 3. The summed E-state index contributed by atoms with van der Waals surface area (Å²) in [6, 6.07) is 1.93. The van der Waals surface area contributed by atoms with E-state index in [0.29, 0.717) is 15.9 Å². The average Bonchev–Trinajstić information content (AvgIpc) is 2.33. The zero-order chi connectivity index (χ0) is 12.3. The normalized spacial score (nSPS) is 24.6. The molecule has 1 aromatic heterocycles. The van der Waals surface area contributed by atoms with Crippen LogP contribution < -0.4 is 5.32 Å². The summed E-state index contributed by atoms with van der Waals surface area (Å²) in [5.41, 5.74) is 0. The van der Waals surface area contributed by atoms with Gasteiger partial charge in [0.05, 0.1) is 10.0 Å². The van der Waals surface area contributed by atoms with Crippen molar-refractivity contribution in [1.29, 1.82) is 0 Å². The van der Waals surface area contributed by atoms with E-state index in [2.05, 4.69) is 10.3 Å². The summed E-state index contributed by atoms with van der Waals surface area (Å²) in [4.78, 5) is 4.18. The predicted octanol–water partition coefficient (Wildman–Crippen LogP) is 3.35. The van der Waals surface area contributed by atoms with E-state index >= 15 is 0 Å². The number of anilines is 1. The molecule has 0 aliphatic heterocycles. The minimum Gasteiger partial charge on any atom is -0.396 e. The molecule has 0 bridgehead atoms. The molecule has 5 heteroatoms. The fraction of sp³-hybridized carbons (Fsp3) is 0.583. The van der Waals surface area contributed by atoms with Crippen molar-refractivity contribution in [3.63, 3.8) is 0 Å². The quantitative estimate of drug-likeness (QED) is 0.889. The van der Waals surface area contributed by atoms with Gasteiger partial charge in [0.1, 0.15) is 5.82 Å². The van der Waals surface area contributed by atoms with Crippen molar-refractivity contribution in [3.05, 3.63) is 22.3 Å². The van der Waals surface area contributed by atoms with E-state index in [1.165, 1.54) is 12.8 Å². The molecule has 94 valence electrons.